The summed E-state index contributed by atoms with van der Waals surface area (Å²) < 4.78 is 22.4. The summed E-state index contributed by atoms with van der Waals surface area (Å²) in [5, 5.41) is 10.5. The van der Waals surface area contributed by atoms with Gasteiger partial charge >= 0.3 is 0 Å². The van der Waals surface area contributed by atoms with E-state index in [0.717, 1.165) is 0 Å². The highest BCUT2D eigenvalue weighted by molar-refractivity contribution is 7.89. The van der Waals surface area contributed by atoms with E-state index in [1.807, 2.05) is 0 Å². The molecule has 104 valence electrons. The first kappa shape index (κ1) is 15.6. The molecule has 4 N–H and O–H groups in total. The zero-order chi connectivity index (χ0) is 14.5. The molecule has 0 aliphatic heterocycles. The largest absolute Gasteiger partial charge is 0.324 e. The summed E-state index contributed by atoms with van der Waals surface area (Å²) in [4.78, 5) is 11.4. The van der Waals surface area contributed by atoms with Gasteiger partial charge in [-0.05, 0) is 18.2 Å². The van der Waals surface area contributed by atoms with Crippen LogP contribution in [0.5, 0.6) is 0 Å². The standard InChI is InChI=1S/C11H14ClN3O3S/c1-2-5-14-7-11(16)15-10-6-8(19(13,17)18)3-4-9(10)12/h2-4,6,14H,1,5,7H2,(H,15,16)(H2,13,17,18). The van der Waals surface area contributed by atoms with Crippen molar-refractivity contribution >= 4 is 33.2 Å². The van der Waals surface area contributed by atoms with Crippen LogP contribution in [0.2, 0.25) is 5.02 Å². The molecule has 0 unspecified atom stereocenters. The van der Waals surface area contributed by atoms with Crippen molar-refractivity contribution in [2.75, 3.05) is 18.4 Å². The third kappa shape index (κ3) is 4.99. The van der Waals surface area contributed by atoms with Crippen LogP contribution in [0.4, 0.5) is 5.69 Å². The van der Waals surface area contributed by atoms with Gasteiger partial charge in [0.2, 0.25) is 15.9 Å². The van der Waals surface area contributed by atoms with Gasteiger partial charge in [-0.2, -0.15) is 0 Å². The van der Waals surface area contributed by atoms with Crippen molar-refractivity contribution in [3.8, 4) is 0 Å². The Kier molecular flexibility index (Phi) is 5.49. The molecule has 0 spiro atoms. The Morgan fingerprint density at radius 3 is 2.74 bits per heavy atom. The van der Waals surface area contributed by atoms with Crippen LogP contribution in [-0.4, -0.2) is 27.4 Å². The Morgan fingerprint density at radius 2 is 2.16 bits per heavy atom. The smallest absolute Gasteiger partial charge is 0.238 e. The summed E-state index contributed by atoms with van der Waals surface area (Å²) >= 11 is 5.86. The Hall–Kier alpha value is -1.41. The second kappa shape index (κ2) is 6.67. The topological polar surface area (TPSA) is 101 Å². The van der Waals surface area contributed by atoms with Crippen molar-refractivity contribution in [3.63, 3.8) is 0 Å². The first-order valence-electron chi connectivity index (χ1n) is 5.28. The van der Waals surface area contributed by atoms with E-state index in [9.17, 15) is 13.2 Å². The van der Waals surface area contributed by atoms with E-state index < -0.39 is 10.0 Å². The van der Waals surface area contributed by atoms with Gasteiger partial charge in [-0.25, -0.2) is 13.6 Å². The number of nitrogens with two attached hydrogens (primary N) is 1. The highest BCUT2D eigenvalue weighted by atomic mass is 35.5. The molecule has 0 saturated carbocycles. The SMILES string of the molecule is C=CCNCC(=O)Nc1cc(S(N)(=O)=O)ccc1Cl. The van der Waals surface area contributed by atoms with Gasteiger partial charge in [0.25, 0.3) is 0 Å². The van der Waals surface area contributed by atoms with E-state index in [-0.39, 0.29) is 28.1 Å². The zero-order valence-electron chi connectivity index (χ0n) is 10.0. The minimum absolute atomic E-state index is 0.0575. The molecular formula is C11H14ClN3O3S. The van der Waals surface area contributed by atoms with Gasteiger partial charge in [0.15, 0.2) is 0 Å². The molecule has 0 aliphatic rings. The first-order chi connectivity index (χ1) is 8.84. The molecule has 0 bridgehead atoms. The number of anilines is 1. The Morgan fingerprint density at radius 1 is 1.47 bits per heavy atom. The second-order valence-electron chi connectivity index (χ2n) is 3.65. The van der Waals surface area contributed by atoms with Crippen LogP contribution < -0.4 is 15.8 Å². The first-order valence-corrected chi connectivity index (χ1v) is 7.21. The zero-order valence-corrected chi connectivity index (χ0v) is 11.6. The Bertz CT molecular complexity index is 587. The molecular weight excluding hydrogens is 290 g/mol. The van der Waals surface area contributed by atoms with Gasteiger partial charge in [0.05, 0.1) is 22.2 Å². The van der Waals surface area contributed by atoms with Crippen LogP contribution >= 0.6 is 11.6 Å². The minimum Gasteiger partial charge on any atom is -0.324 e. The number of hydrogen-bond donors (Lipinski definition) is 3. The fraction of sp³-hybridized carbons (Fsp3) is 0.182. The van der Waals surface area contributed by atoms with E-state index in [0.29, 0.717) is 6.54 Å². The molecule has 0 aromatic heterocycles. The normalized spacial score (nSPS) is 11.1. The molecule has 8 heteroatoms. The maximum absolute atomic E-state index is 11.6. The number of carbonyl (C=O) groups is 1. The Balaban J connectivity index is 2.83. The van der Waals surface area contributed by atoms with Crippen molar-refractivity contribution in [1.82, 2.24) is 5.32 Å². The number of hydrogen-bond acceptors (Lipinski definition) is 4. The lowest BCUT2D eigenvalue weighted by Crippen LogP contribution is -2.28. The lowest BCUT2D eigenvalue weighted by Gasteiger charge is -2.09. The molecule has 6 nitrogen and oxygen atoms in total. The monoisotopic (exact) mass is 303 g/mol. The lowest BCUT2D eigenvalue weighted by molar-refractivity contribution is -0.115. The van der Waals surface area contributed by atoms with Gasteiger partial charge in [-0.15, -0.1) is 6.58 Å². The maximum atomic E-state index is 11.6. The average molecular weight is 304 g/mol. The maximum Gasteiger partial charge on any atom is 0.238 e. The summed E-state index contributed by atoms with van der Waals surface area (Å²) in [5.41, 5.74) is 0.193. The highest BCUT2D eigenvalue weighted by Crippen LogP contribution is 2.24. The van der Waals surface area contributed by atoms with Gasteiger partial charge in [0, 0.05) is 6.54 Å². The number of benzene rings is 1. The summed E-state index contributed by atoms with van der Waals surface area (Å²) in [6.07, 6.45) is 1.61. The molecule has 19 heavy (non-hydrogen) atoms. The van der Waals surface area contributed by atoms with Crippen LogP contribution in [0, 0.1) is 0 Å². The molecule has 0 saturated heterocycles. The Labute approximate surface area is 116 Å². The van der Waals surface area contributed by atoms with Gasteiger partial charge in [0.1, 0.15) is 0 Å². The number of rotatable bonds is 6. The molecule has 1 aromatic rings. The molecule has 1 rings (SSSR count). The number of halogens is 1. The number of primary sulfonamides is 1. The quantitative estimate of drug-likeness (QED) is 0.532. The minimum atomic E-state index is -3.84. The van der Waals surface area contributed by atoms with Crippen LogP contribution in [0.25, 0.3) is 0 Å². The van der Waals surface area contributed by atoms with E-state index in [2.05, 4.69) is 17.2 Å². The van der Waals surface area contributed by atoms with Crippen LogP contribution in [-0.2, 0) is 14.8 Å². The van der Waals surface area contributed by atoms with E-state index >= 15 is 0 Å². The summed E-state index contributed by atoms with van der Waals surface area (Å²) in [6.45, 7) is 4.04. The van der Waals surface area contributed by atoms with Crippen molar-refractivity contribution in [3.05, 3.63) is 35.9 Å². The summed E-state index contributed by atoms with van der Waals surface area (Å²) in [5.74, 6) is -0.352. The second-order valence-corrected chi connectivity index (χ2v) is 5.62. The molecule has 0 radical (unpaired) electrons. The molecule has 1 aromatic carbocycles. The number of sulfonamides is 1. The molecule has 0 fully saturated rings. The van der Waals surface area contributed by atoms with Gasteiger partial charge in [-0.1, -0.05) is 17.7 Å². The van der Waals surface area contributed by atoms with Crippen molar-refractivity contribution < 1.29 is 13.2 Å². The lowest BCUT2D eigenvalue weighted by atomic mass is 10.3. The van der Waals surface area contributed by atoms with Gasteiger partial charge in [-0.3, -0.25) is 4.79 Å². The third-order valence-electron chi connectivity index (χ3n) is 2.11. The van der Waals surface area contributed by atoms with Crippen LogP contribution in [0.1, 0.15) is 0 Å². The summed E-state index contributed by atoms with van der Waals surface area (Å²) in [7, 11) is -3.84. The van der Waals surface area contributed by atoms with Crippen molar-refractivity contribution in [1.29, 1.82) is 0 Å². The molecule has 1 amide bonds. The predicted octanol–water partition coefficient (Wildman–Crippen LogP) is 0.702. The third-order valence-corrected chi connectivity index (χ3v) is 3.36. The average Bonchev–Trinajstić information content (AvgIpc) is 2.31. The molecule has 0 heterocycles. The highest BCUT2D eigenvalue weighted by Gasteiger charge is 2.12. The number of amides is 1. The van der Waals surface area contributed by atoms with E-state index in [1.54, 1.807) is 6.08 Å². The molecule has 0 aliphatic carbocycles. The fourth-order valence-electron chi connectivity index (χ4n) is 1.26. The number of carbonyl (C=O) groups excluding carboxylic acids is 1. The van der Waals surface area contributed by atoms with E-state index in [4.69, 9.17) is 16.7 Å². The van der Waals surface area contributed by atoms with Crippen LogP contribution in [0.15, 0.2) is 35.7 Å². The fourth-order valence-corrected chi connectivity index (χ4v) is 1.96. The van der Waals surface area contributed by atoms with E-state index in [1.165, 1.54) is 18.2 Å². The van der Waals surface area contributed by atoms with Crippen molar-refractivity contribution in [2.45, 2.75) is 4.90 Å². The van der Waals surface area contributed by atoms with Crippen molar-refractivity contribution in [2.24, 2.45) is 5.14 Å². The van der Waals surface area contributed by atoms with Crippen LogP contribution in [0.3, 0.4) is 0 Å². The molecule has 0 atom stereocenters. The number of nitrogens with one attached hydrogen (secondary N) is 2. The van der Waals surface area contributed by atoms with Gasteiger partial charge < -0.3 is 10.6 Å². The summed E-state index contributed by atoms with van der Waals surface area (Å²) in [6, 6.07) is 3.83. The predicted molar refractivity (Wildman–Crippen MR) is 74.5 cm³/mol.